The van der Waals surface area contributed by atoms with E-state index in [1.54, 1.807) is 0 Å². The van der Waals surface area contributed by atoms with Crippen molar-refractivity contribution in [2.45, 2.75) is 20.3 Å². The molecule has 3 nitrogen and oxygen atoms in total. The minimum absolute atomic E-state index is 0.274. The first-order valence-corrected chi connectivity index (χ1v) is 3.05. The van der Waals surface area contributed by atoms with Crippen LogP contribution in [0.2, 0.25) is 0 Å². The summed E-state index contributed by atoms with van der Waals surface area (Å²) in [5.41, 5.74) is 5.63. The van der Waals surface area contributed by atoms with Gasteiger partial charge >= 0.3 is 0 Å². The first kappa shape index (κ1) is 6.39. The van der Waals surface area contributed by atoms with Crippen LogP contribution in [0.25, 0.3) is 0 Å². The zero-order valence-corrected chi connectivity index (χ0v) is 5.76. The van der Waals surface area contributed by atoms with Gasteiger partial charge in [0.1, 0.15) is 5.84 Å². The summed E-state index contributed by atoms with van der Waals surface area (Å²) < 4.78 is 0. The van der Waals surface area contributed by atoms with Gasteiger partial charge in [-0.25, -0.2) is 0 Å². The van der Waals surface area contributed by atoms with E-state index in [0.29, 0.717) is 11.8 Å². The van der Waals surface area contributed by atoms with E-state index < -0.39 is 0 Å². The average molecular weight is 128 g/mol. The minimum Gasteiger partial charge on any atom is -0.409 e. The Bertz CT molecular complexity index is 151. The lowest BCUT2D eigenvalue weighted by Crippen LogP contribution is -2.16. The zero-order chi connectivity index (χ0) is 7.07. The van der Waals surface area contributed by atoms with Crippen LogP contribution in [0.15, 0.2) is 5.16 Å². The molecule has 1 rings (SSSR count). The van der Waals surface area contributed by atoms with Gasteiger partial charge < -0.3 is 10.9 Å². The standard InChI is InChI=1S/C6H12N2O/c1-6(2)3-4(6)5(7)8-9/h4,9H,3H2,1-2H3,(H2,7,8). The number of rotatable bonds is 1. The molecular weight excluding hydrogens is 116 g/mol. The first-order chi connectivity index (χ1) is 4.08. The summed E-state index contributed by atoms with van der Waals surface area (Å²) in [6, 6.07) is 0. The van der Waals surface area contributed by atoms with Crippen molar-refractivity contribution in [1.82, 2.24) is 0 Å². The molecule has 0 spiro atoms. The Balaban J connectivity index is 2.52. The summed E-state index contributed by atoms with van der Waals surface area (Å²) in [7, 11) is 0. The lowest BCUT2D eigenvalue weighted by atomic mass is 10.1. The largest absolute Gasteiger partial charge is 0.409 e. The molecule has 3 heteroatoms. The van der Waals surface area contributed by atoms with E-state index in [9.17, 15) is 0 Å². The summed E-state index contributed by atoms with van der Waals surface area (Å²) in [5, 5.41) is 11.2. The van der Waals surface area contributed by atoms with E-state index in [-0.39, 0.29) is 5.41 Å². The highest BCUT2D eigenvalue weighted by molar-refractivity contribution is 5.85. The maximum atomic E-state index is 8.24. The van der Waals surface area contributed by atoms with Crippen LogP contribution in [0.3, 0.4) is 0 Å². The number of amidine groups is 1. The van der Waals surface area contributed by atoms with Crippen molar-refractivity contribution >= 4 is 5.84 Å². The van der Waals surface area contributed by atoms with Gasteiger partial charge in [0.15, 0.2) is 0 Å². The zero-order valence-electron chi connectivity index (χ0n) is 5.76. The summed E-state index contributed by atoms with van der Waals surface area (Å²) in [4.78, 5) is 0. The smallest absolute Gasteiger partial charge is 0.142 e. The van der Waals surface area contributed by atoms with Gasteiger partial charge in [0.2, 0.25) is 0 Å². The van der Waals surface area contributed by atoms with Crippen molar-refractivity contribution in [3.8, 4) is 0 Å². The molecular formula is C6H12N2O. The van der Waals surface area contributed by atoms with E-state index in [1.165, 1.54) is 0 Å². The molecule has 0 heterocycles. The van der Waals surface area contributed by atoms with Crippen LogP contribution in [-0.2, 0) is 0 Å². The first-order valence-electron chi connectivity index (χ1n) is 3.05. The van der Waals surface area contributed by atoms with Crippen LogP contribution in [0, 0.1) is 11.3 Å². The van der Waals surface area contributed by atoms with E-state index in [2.05, 4.69) is 19.0 Å². The van der Waals surface area contributed by atoms with Gasteiger partial charge in [-0.3, -0.25) is 0 Å². The third-order valence-corrected chi connectivity index (χ3v) is 1.99. The van der Waals surface area contributed by atoms with Gasteiger partial charge in [0.05, 0.1) is 0 Å². The molecule has 0 aromatic carbocycles. The molecule has 1 saturated carbocycles. The van der Waals surface area contributed by atoms with E-state index in [4.69, 9.17) is 10.9 Å². The van der Waals surface area contributed by atoms with Gasteiger partial charge in [0.25, 0.3) is 0 Å². The Morgan fingerprint density at radius 1 is 1.78 bits per heavy atom. The number of hydrogen-bond acceptors (Lipinski definition) is 2. The topological polar surface area (TPSA) is 58.6 Å². The molecule has 9 heavy (non-hydrogen) atoms. The van der Waals surface area contributed by atoms with E-state index in [1.807, 2.05) is 0 Å². The molecule has 0 aliphatic heterocycles. The quantitative estimate of drug-likeness (QED) is 0.237. The van der Waals surface area contributed by atoms with E-state index >= 15 is 0 Å². The lowest BCUT2D eigenvalue weighted by Gasteiger charge is -1.98. The third-order valence-electron chi connectivity index (χ3n) is 1.99. The Morgan fingerprint density at radius 2 is 2.22 bits per heavy atom. The number of hydrogen-bond donors (Lipinski definition) is 2. The highest BCUT2D eigenvalue weighted by Gasteiger charge is 2.48. The van der Waals surface area contributed by atoms with Crippen LogP contribution in [0.4, 0.5) is 0 Å². The second kappa shape index (κ2) is 1.62. The maximum Gasteiger partial charge on any atom is 0.142 e. The molecule has 1 atom stereocenters. The van der Waals surface area contributed by atoms with Crippen molar-refractivity contribution in [3.63, 3.8) is 0 Å². The van der Waals surface area contributed by atoms with Crippen molar-refractivity contribution in [1.29, 1.82) is 0 Å². The van der Waals surface area contributed by atoms with Crippen LogP contribution in [-0.4, -0.2) is 11.0 Å². The Kier molecular flexibility index (Phi) is 1.15. The van der Waals surface area contributed by atoms with Crippen LogP contribution >= 0.6 is 0 Å². The van der Waals surface area contributed by atoms with Crippen molar-refractivity contribution in [2.24, 2.45) is 22.2 Å². The second-order valence-corrected chi connectivity index (χ2v) is 3.27. The average Bonchev–Trinajstić information content (AvgIpc) is 2.38. The highest BCUT2D eigenvalue weighted by Crippen LogP contribution is 2.51. The van der Waals surface area contributed by atoms with Gasteiger partial charge in [-0.05, 0) is 11.8 Å². The molecule has 0 bridgehead atoms. The van der Waals surface area contributed by atoms with Crippen molar-refractivity contribution in [2.75, 3.05) is 0 Å². The Morgan fingerprint density at radius 3 is 2.33 bits per heavy atom. The highest BCUT2D eigenvalue weighted by atomic mass is 16.4. The molecule has 1 aliphatic carbocycles. The fourth-order valence-electron chi connectivity index (χ4n) is 1.04. The predicted octanol–water partition coefficient (Wildman–Crippen LogP) is 0.779. The molecule has 0 aromatic heterocycles. The number of nitrogens with zero attached hydrogens (tertiary/aromatic N) is 1. The monoisotopic (exact) mass is 128 g/mol. The predicted molar refractivity (Wildman–Crippen MR) is 35.3 cm³/mol. The number of nitrogens with two attached hydrogens (primary N) is 1. The Labute approximate surface area is 54.5 Å². The Hall–Kier alpha value is -0.730. The van der Waals surface area contributed by atoms with Gasteiger partial charge in [-0.2, -0.15) is 0 Å². The molecule has 0 radical (unpaired) electrons. The van der Waals surface area contributed by atoms with Crippen LogP contribution in [0.5, 0.6) is 0 Å². The van der Waals surface area contributed by atoms with Gasteiger partial charge in [-0.1, -0.05) is 19.0 Å². The fraction of sp³-hybridized carbons (Fsp3) is 0.833. The molecule has 1 aliphatic rings. The normalized spacial score (nSPS) is 32.2. The summed E-state index contributed by atoms with van der Waals surface area (Å²) in [5.74, 6) is 0.683. The number of oxime groups is 1. The fourth-order valence-corrected chi connectivity index (χ4v) is 1.04. The summed E-state index contributed by atoms with van der Waals surface area (Å²) in [6.07, 6.45) is 1.04. The SMILES string of the molecule is CC1(C)CC1C(N)=NO. The maximum absolute atomic E-state index is 8.24. The minimum atomic E-state index is 0.274. The van der Waals surface area contributed by atoms with Crippen molar-refractivity contribution in [3.05, 3.63) is 0 Å². The van der Waals surface area contributed by atoms with Gasteiger partial charge in [0, 0.05) is 5.92 Å². The molecule has 0 saturated heterocycles. The second-order valence-electron chi connectivity index (χ2n) is 3.27. The van der Waals surface area contributed by atoms with Crippen molar-refractivity contribution < 1.29 is 5.21 Å². The molecule has 0 amide bonds. The van der Waals surface area contributed by atoms with Crippen LogP contribution < -0.4 is 5.73 Å². The lowest BCUT2D eigenvalue weighted by molar-refractivity contribution is 0.315. The molecule has 1 unspecified atom stereocenters. The molecule has 1 fully saturated rings. The third kappa shape index (κ3) is 0.992. The summed E-state index contributed by atoms with van der Waals surface area (Å²) >= 11 is 0. The van der Waals surface area contributed by atoms with Gasteiger partial charge in [-0.15, -0.1) is 0 Å². The molecule has 0 aromatic rings. The molecule has 3 N–H and O–H groups in total. The summed E-state index contributed by atoms with van der Waals surface area (Å²) in [6.45, 7) is 4.21. The molecule has 52 valence electrons. The van der Waals surface area contributed by atoms with E-state index in [0.717, 1.165) is 6.42 Å². The van der Waals surface area contributed by atoms with Crippen LogP contribution in [0.1, 0.15) is 20.3 Å².